The van der Waals surface area contributed by atoms with Gasteiger partial charge in [-0.25, -0.2) is 4.52 Å². The van der Waals surface area contributed by atoms with E-state index in [0.29, 0.717) is 5.56 Å². The fraction of sp³-hybridized carbons (Fsp3) is 0.455. The average Bonchev–Trinajstić information content (AvgIpc) is 2.31. The van der Waals surface area contributed by atoms with Gasteiger partial charge < -0.3 is 5.11 Å². The van der Waals surface area contributed by atoms with Crippen LogP contribution in [0.3, 0.4) is 0 Å². The van der Waals surface area contributed by atoms with E-state index in [4.69, 9.17) is 10.00 Å². The number of aliphatic hydroxyl groups excluding tert-OH is 1. The molecule has 0 heterocycles. The minimum Gasteiger partial charge on any atom is -0.392 e. The lowest BCUT2D eigenvalue weighted by Gasteiger charge is -2.00. The summed E-state index contributed by atoms with van der Waals surface area (Å²) in [6, 6.07) is 4.79. The summed E-state index contributed by atoms with van der Waals surface area (Å²) in [5, 5.41) is 8.88. The number of unbranched alkanes of at least 4 members (excludes halogenated alkanes) is 1. The van der Waals surface area contributed by atoms with Gasteiger partial charge in [0.15, 0.2) is 5.75 Å². The molecule has 17 heavy (non-hydrogen) atoms. The van der Waals surface area contributed by atoms with Crippen molar-refractivity contribution in [1.29, 1.82) is 0 Å². The molecule has 1 aromatic carbocycles. The molecule has 0 spiro atoms. The molecule has 0 radical (unpaired) electrons. The van der Waals surface area contributed by atoms with E-state index in [1.54, 1.807) is 12.1 Å². The Bertz CT molecular complexity index is 355. The van der Waals surface area contributed by atoms with Crippen molar-refractivity contribution in [2.45, 2.75) is 33.3 Å². The molecule has 0 aliphatic rings. The van der Waals surface area contributed by atoms with Crippen LogP contribution in [-0.4, -0.2) is 10.00 Å². The van der Waals surface area contributed by atoms with Crippen LogP contribution in [0.5, 0.6) is 5.75 Å². The molecule has 0 bridgehead atoms. The van der Waals surface area contributed by atoms with E-state index in [-0.39, 0.29) is 12.4 Å². The molecule has 2 N–H and O–H groups in total. The molecule has 1 unspecified atom stereocenters. The summed E-state index contributed by atoms with van der Waals surface area (Å²) in [6.07, 6.45) is 2.64. The second-order valence-corrected chi connectivity index (χ2v) is 4.81. The van der Waals surface area contributed by atoms with E-state index in [1.807, 2.05) is 0 Å². The van der Waals surface area contributed by atoms with Gasteiger partial charge in [-0.15, -0.1) is 4.89 Å². The zero-order valence-electron chi connectivity index (χ0n) is 9.89. The third kappa shape index (κ3) is 7.45. The van der Waals surface area contributed by atoms with Crippen LogP contribution in [0.1, 0.15) is 32.3 Å². The van der Waals surface area contributed by atoms with Crippen molar-refractivity contribution in [2.75, 3.05) is 0 Å². The number of rotatable bonds is 4. The quantitative estimate of drug-likeness (QED) is 0.827. The largest absolute Gasteiger partial charge is 0.747 e. The Kier molecular flexibility index (Phi) is 9.27. The smallest absolute Gasteiger partial charge is 0.392 e. The van der Waals surface area contributed by atoms with Crippen LogP contribution in [0, 0.1) is 0 Å². The molecular weight excluding hydrogens is 307 g/mol. The van der Waals surface area contributed by atoms with Gasteiger partial charge in [0, 0.05) is 14.6 Å². The van der Waals surface area contributed by atoms with Crippen molar-refractivity contribution in [3.63, 3.8) is 0 Å². The van der Waals surface area contributed by atoms with Crippen molar-refractivity contribution >= 4 is 24.2 Å². The van der Waals surface area contributed by atoms with E-state index in [9.17, 15) is 4.57 Å². The second-order valence-electron chi connectivity index (χ2n) is 3.24. The third-order valence-electron chi connectivity index (χ3n) is 1.87. The molecule has 0 fully saturated rings. The zero-order valence-corrected chi connectivity index (χ0v) is 12.4. The van der Waals surface area contributed by atoms with E-state index >= 15 is 0 Å². The molecule has 4 nitrogen and oxygen atoms in total. The van der Waals surface area contributed by atoms with Crippen molar-refractivity contribution in [3.05, 3.63) is 28.2 Å². The Hall–Kier alpha value is -0.480. The van der Waals surface area contributed by atoms with Crippen molar-refractivity contribution in [3.8, 4) is 5.75 Å². The average molecular weight is 324 g/mol. The Morgan fingerprint density at radius 3 is 2.35 bits per heavy atom. The summed E-state index contributed by atoms with van der Waals surface area (Å²) in [4.78, 5) is 8.49. The molecule has 0 aromatic heterocycles. The maximum atomic E-state index is 10.4. The first kappa shape index (κ1) is 16.5. The summed E-state index contributed by atoms with van der Waals surface area (Å²) in [5.74, 6) is 0.217. The molecule has 1 aromatic rings. The predicted octanol–water partition coefficient (Wildman–Crippen LogP) is 3.78. The van der Waals surface area contributed by atoms with E-state index in [0.717, 1.165) is 4.47 Å². The second kappa shape index (κ2) is 9.54. The first-order valence-electron chi connectivity index (χ1n) is 5.28. The molecule has 1 atom stereocenters. The molecule has 96 valence electrons. The fourth-order valence-electron chi connectivity index (χ4n) is 0.845. The molecule has 0 saturated heterocycles. The van der Waals surface area contributed by atoms with Gasteiger partial charge in [0.05, 0.1) is 6.61 Å². The highest BCUT2D eigenvalue weighted by atomic mass is 79.9. The van der Waals surface area contributed by atoms with Crippen molar-refractivity contribution in [2.24, 2.45) is 0 Å². The zero-order chi connectivity index (χ0) is 13.3. The summed E-state index contributed by atoms with van der Waals surface area (Å²) in [5.41, 5.74) is 0.465. The number of hydrogen-bond donors (Lipinski definition) is 2. The van der Waals surface area contributed by atoms with Gasteiger partial charge >= 0.3 is 8.25 Å². The van der Waals surface area contributed by atoms with Crippen LogP contribution >= 0.6 is 24.2 Å². The highest BCUT2D eigenvalue weighted by Gasteiger charge is 2.17. The van der Waals surface area contributed by atoms with Gasteiger partial charge in [0.25, 0.3) is 0 Å². The number of benzene rings is 1. The topological polar surface area (TPSA) is 66.8 Å². The van der Waals surface area contributed by atoms with Crippen LogP contribution in [0.25, 0.3) is 0 Å². The SMILES string of the molecule is CCCC.O=[P+](O)Oc1ccc(Br)cc1CO. The van der Waals surface area contributed by atoms with Crippen LogP contribution in [0.4, 0.5) is 0 Å². The van der Waals surface area contributed by atoms with Crippen LogP contribution in [0.15, 0.2) is 22.7 Å². The lowest BCUT2D eigenvalue weighted by molar-refractivity contribution is 0.277. The van der Waals surface area contributed by atoms with Crippen LogP contribution in [0.2, 0.25) is 0 Å². The molecule has 0 amide bonds. The van der Waals surface area contributed by atoms with Gasteiger partial charge in [-0.1, -0.05) is 42.6 Å². The maximum absolute atomic E-state index is 10.4. The normalized spacial score (nSPS) is 10.3. The van der Waals surface area contributed by atoms with Gasteiger partial charge in [-0.3, -0.25) is 0 Å². The maximum Gasteiger partial charge on any atom is 0.747 e. The Balaban J connectivity index is 0.000000557. The highest BCUT2D eigenvalue weighted by Crippen LogP contribution is 2.29. The van der Waals surface area contributed by atoms with E-state index in [1.165, 1.54) is 18.9 Å². The number of hydrogen-bond acceptors (Lipinski definition) is 3. The number of halogens is 1. The molecule has 0 aliphatic carbocycles. The molecule has 1 rings (SSSR count). The summed E-state index contributed by atoms with van der Waals surface area (Å²) < 4.78 is 15.7. The standard InChI is InChI=1S/C7H6BrO4P.C4H10/c8-6-1-2-7(12-13(10)11)5(3-6)4-9;1-3-4-2/h1-3,9H,4H2;3-4H2,1-2H3/p+1. The number of aliphatic hydroxyl groups is 1. The third-order valence-corrected chi connectivity index (χ3v) is 2.72. The van der Waals surface area contributed by atoms with Crippen molar-refractivity contribution < 1.29 is 19.1 Å². The fourth-order valence-corrected chi connectivity index (χ4v) is 1.60. The molecular formula is C11H17BrO4P+. The van der Waals surface area contributed by atoms with Crippen LogP contribution in [-0.2, 0) is 11.2 Å². The van der Waals surface area contributed by atoms with Gasteiger partial charge in [-0.05, 0) is 18.2 Å². The monoisotopic (exact) mass is 323 g/mol. The van der Waals surface area contributed by atoms with Gasteiger partial charge in [-0.2, -0.15) is 0 Å². The molecule has 0 aliphatic heterocycles. The highest BCUT2D eigenvalue weighted by molar-refractivity contribution is 9.10. The Labute approximate surface area is 111 Å². The first-order valence-corrected chi connectivity index (χ1v) is 7.20. The minimum absolute atomic E-state index is 0.217. The lowest BCUT2D eigenvalue weighted by Crippen LogP contribution is -1.89. The van der Waals surface area contributed by atoms with Crippen LogP contribution < -0.4 is 4.52 Å². The molecule has 6 heteroatoms. The Morgan fingerprint density at radius 2 is 1.94 bits per heavy atom. The predicted molar refractivity (Wildman–Crippen MR) is 71.1 cm³/mol. The Morgan fingerprint density at radius 1 is 1.35 bits per heavy atom. The van der Waals surface area contributed by atoms with Gasteiger partial charge in [0.1, 0.15) is 0 Å². The lowest BCUT2D eigenvalue weighted by atomic mass is 10.2. The van der Waals surface area contributed by atoms with E-state index < -0.39 is 8.25 Å². The molecule has 0 saturated carbocycles. The minimum atomic E-state index is -2.68. The van der Waals surface area contributed by atoms with Gasteiger partial charge in [0.2, 0.25) is 0 Å². The first-order chi connectivity index (χ1) is 8.04. The summed E-state index contributed by atoms with van der Waals surface area (Å²) in [7, 11) is -2.68. The van der Waals surface area contributed by atoms with E-state index in [2.05, 4.69) is 34.3 Å². The summed E-state index contributed by atoms with van der Waals surface area (Å²) >= 11 is 3.20. The summed E-state index contributed by atoms with van der Waals surface area (Å²) in [6.45, 7) is 4.12. The van der Waals surface area contributed by atoms with Crippen molar-refractivity contribution in [1.82, 2.24) is 0 Å².